The third-order valence-corrected chi connectivity index (χ3v) is 1.41. The number of fused-ring (bicyclic) bond motifs is 1. The first-order valence-electron chi connectivity index (χ1n) is 4.21. The topological polar surface area (TPSA) is 9.23 Å². The second kappa shape index (κ2) is 2.18. The monoisotopic (exact) mass is 134 g/mol. The van der Waals surface area contributed by atoms with E-state index >= 15 is 0 Å². The molecule has 0 aliphatic carbocycles. The molecule has 1 heteroatoms. The average molecular weight is 134 g/mol. The van der Waals surface area contributed by atoms with E-state index in [1.165, 1.54) is 0 Å². The molecule has 0 saturated carbocycles. The van der Waals surface area contributed by atoms with Crippen LogP contribution in [-0.4, -0.2) is 6.58 Å². The molecule has 0 amide bonds. The number of hydrogen-bond donors (Lipinski definition) is 0. The molecule has 0 radical (unpaired) electrons. The highest BCUT2D eigenvalue weighted by molar-refractivity contribution is 5.58. The number of para-hydroxylation sites is 1. The van der Waals surface area contributed by atoms with Gasteiger partial charge in [0, 0.05) is 5.56 Å². The van der Waals surface area contributed by atoms with Crippen molar-refractivity contribution in [3.8, 4) is 5.75 Å². The van der Waals surface area contributed by atoms with Gasteiger partial charge in [-0.1, -0.05) is 24.3 Å². The zero-order valence-electron chi connectivity index (χ0n) is 7.37. The Kier molecular flexibility index (Phi) is 0.831. The van der Waals surface area contributed by atoms with Crippen LogP contribution in [0.1, 0.15) is 8.30 Å². The van der Waals surface area contributed by atoms with Crippen LogP contribution in [0.2, 0.25) is 0 Å². The minimum absolute atomic E-state index is 0.203. The Morgan fingerprint density at radius 3 is 3.40 bits per heavy atom. The van der Waals surface area contributed by atoms with E-state index in [0.717, 1.165) is 5.56 Å². The summed E-state index contributed by atoms with van der Waals surface area (Å²) in [5, 5.41) is 0. The second-order valence-electron chi connectivity index (χ2n) is 2.08. The molecule has 0 N–H and O–H groups in total. The van der Waals surface area contributed by atoms with Gasteiger partial charge in [-0.3, -0.25) is 0 Å². The summed E-state index contributed by atoms with van der Waals surface area (Å²) in [6.45, 7) is -0.861. The summed E-state index contributed by atoms with van der Waals surface area (Å²) in [7, 11) is 0. The van der Waals surface area contributed by atoms with Crippen LogP contribution in [0.15, 0.2) is 30.3 Å². The SMILES string of the molecule is [2H]C1=Cc2ccccc2OC1[2H]. The van der Waals surface area contributed by atoms with E-state index in [-0.39, 0.29) is 6.05 Å². The molecule has 1 nitrogen and oxygen atoms in total. The van der Waals surface area contributed by atoms with E-state index in [2.05, 4.69) is 0 Å². The highest BCUT2D eigenvalue weighted by Gasteiger charge is 2.01. The fourth-order valence-electron chi connectivity index (χ4n) is 0.928. The molecular formula is C9H8O. The summed E-state index contributed by atoms with van der Waals surface area (Å²) in [6.07, 6.45) is 1.66. The number of rotatable bonds is 0. The van der Waals surface area contributed by atoms with Crippen LogP contribution in [0, 0.1) is 0 Å². The molecule has 2 rings (SSSR count). The third-order valence-electron chi connectivity index (χ3n) is 1.41. The standard InChI is InChI=1S/C9H8O/c1-2-6-9-8(4-1)5-3-7-10-9/h1-6H,7H2/i3D,7D. The van der Waals surface area contributed by atoms with E-state index in [1.54, 1.807) is 12.1 Å². The summed E-state index contributed by atoms with van der Waals surface area (Å²) in [4.78, 5) is 0. The van der Waals surface area contributed by atoms with Crippen molar-refractivity contribution >= 4 is 6.08 Å². The van der Waals surface area contributed by atoms with Gasteiger partial charge in [0.05, 0.1) is 2.74 Å². The largest absolute Gasteiger partial charge is 0.489 e. The Morgan fingerprint density at radius 2 is 2.40 bits per heavy atom. The van der Waals surface area contributed by atoms with Crippen molar-refractivity contribution < 1.29 is 7.48 Å². The van der Waals surface area contributed by atoms with Gasteiger partial charge in [-0.05, 0) is 12.1 Å². The van der Waals surface area contributed by atoms with Crippen molar-refractivity contribution in [1.29, 1.82) is 0 Å². The van der Waals surface area contributed by atoms with Crippen LogP contribution in [0.3, 0.4) is 0 Å². The molecule has 1 atom stereocenters. The Morgan fingerprint density at radius 1 is 1.50 bits per heavy atom. The second-order valence-corrected chi connectivity index (χ2v) is 2.08. The van der Waals surface area contributed by atoms with Gasteiger partial charge < -0.3 is 4.74 Å². The van der Waals surface area contributed by atoms with Gasteiger partial charge >= 0.3 is 0 Å². The Hall–Kier alpha value is -1.24. The minimum atomic E-state index is -0.861. The van der Waals surface area contributed by atoms with Crippen molar-refractivity contribution in [3.05, 3.63) is 35.9 Å². The minimum Gasteiger partial charge on any atom is -0.489 e. The zero-order chi connectivity index (χ0) is 8.55. The summed E-state index contributed by atoms with van der Waals surface area (Å²) in [5.74, 6) is 0.688. The van der Waals surface area contributed by atoms with Crippen LogP contribution < -0.4 is 4.74 Å². The zero-order valence-corrected chi connectivity index (χ0v) is 5.37. The van der Waals surface area contributed by atoms with Gasteiger partial charge in [0.1, 0.15) is 12.3 Å². The van der Waals surface area contributed by atoms with Crippen LogP contribution >= 0.6 is 0 Å². The van der Waals surface area contributed by atoms with Gasteiger partial charge in [-0.15, -0.1) is 0 Å². The highest BCUT2D eigenvalue weighted by atomic mass is 16.5. The van der Waals surface area contributed by atoms with E-state index in [4.69, 9.17) is 7.48 Å². The van der Waals surface area contributed by atoms with Gasteiger partial charge in [0.2, 0.25) is 0 Å². The van der Waals surface area contributed by atoms with Crippen molar-refractivity contribution in [1.82, 2.24) is 0 Å². The first kappa shape index (κ1) is 3.81. The molecule has 50 valence electrons. The van der Waals surface area contributed by atoms with Gasteiger partial charge in [-0.2, -0.15) is 0 Å². The van der Waals surface area contributed by atoms with Crippen LogP contribution in [0.5, 0.6) is 5.75 Å². The molecule has 1 heterocycles. The molecule has 0 spiro atoms. The Labute approximate surface area is 62.8 Å². The summed E-state index contributed by atoms with van der Waals surface area (Å²) < 4.78 is 19.8. The van der Waals surface area contributed by atoms with E-state index in [1.807, 2.05) is 18.2 Å². The lowest BCUT2D eigenvalue weighted by Gasteiger charge is -2.10. The van der Waals surface area contributed by atoms with Gasteiger partial charge in [-0.25, -0.2) is 0 Å². The molecule has 1 aliphatic heterocycles. The quantitative estimate of drug-likeness (QED) is 0.528. The number of benzene rings is 1. The predicted molar refractivity (Wildman–Crippen MR) is 41.0 cm³/mol. The van der Waals surface area contributed by atoms with Crippen LogP contribution in [0.4, 0.5) is 0 Å². The molecule has 0 fully saturated rings. The van der Waals surface area contributed by atoms with Crippen LogP contribution in [-0.2, 0) is 0 Å². The maximum Gasteiger partial charge on any atom is 0.126 e. The maximum absolute atomic E-state index is 7.36. The van der Waals surface area contributed by atoms with E-state index in [0.29, 0.717) is 5.75 Å². The van der Waals surface area contributed by atoms with Crippen molar-refractivity contribution in [2.45, 2.75) is 0 Å². The van der Waals surface area contributed by atoms with Crippen molar-refractivity contribution in [3.63, 3.8) is 0 Å². The molecule has 0 aromatic heterocycles. The smallest absolute Gasteiger partial charge is 0.126 e. The van der Waals surface area contributed by atoms with Crippen molar-refractivity contribution in [2.75, 3.05) is 6.58 Å². The number of hydrogen-bond acceptors (Lipinski definition) is 1. The first-order chi connectivity index (χ1) is 5.77. The van der Waals surface area contributed by atoms with E-state index in [9.17, 15) is 0 Å². The molecular weight excluding hydrogens is 124 g/mol. The fraction of sp³-hybridized carbons (Fsp3) is 0.111. The lowest BCUT2D eigenvalue weighted by Crippen LogP contribution is -1.98. The molecule has 1 unspecified atom stereocenters. The average Bonchev–Trinajstić information content (AvgIpc) is 2.07. The molecule has 1 aromatic carbocycles. The van der Waals surface area contributed by atoms with Crippen molar-refractivity contribution in [2.24, 2.45) is 0 Å². The van der Waals surface area contributed by atoms with E-state index < -0.39 is 6.58 Å². The summed E-state index contributed by atoms with van der Waals surface area (Å²) in [6, 6.07) is 7.62. The Bertz CT molecular complexity index is 333. The third kappa shape index (κ3) is 0.798. The first-order valence-corrected chi connectivity index (χ1v) is 3.13. The molecule has 0 bridgehead atoms. The highest BCUT2D eigenvalue weighted by Crippen LogP contribution is 2.21. The van der Waals surface area contributed by atoms with Crippen LogP contribution in [0.25, 0.3) is 6.08 Å². The predicted octanol–water partition coefficient (Wildman–Crippen LogP) is 2.09. The normalized spacial score (nSPS) is 25.2. The van der Waals surface area contributed by atoms with Gasteiger partial charge in [0.25, 0.3) is 0 Å². The Balaban J connectivity index is 2.49. The maximum atomic E-state index is 7.36. The molecule has 0 saturated heterocycles. The molecule has 10 heavy (non-hydrogen) atoms. The number of ether oxygens (including phenoxy) is 1. The fourth-order valence-corrected chi connectivity index (χ4v) is 0.928. The molecule has 1 aromatic rings. The summed E-state index contributed by atoms with van der Waals surface area (Å²) >= 11 is 0. The lowest BCUT2D eigenvalue weighted by molar-refractivity contribution is 0.358. The lowest BCUT2D eigenvalue weighted by atomic mass is 10.1. The summed E-state index contributed by atoms with van der Waals surface area (Å²) in [5.41, 5.74) is 0.881. The van der Waals surface area contributed by atoms with Gasteiger partial charge in [0.15, 0.2) is 0 Å². The molecule has 1 aliphatic rings.